The van der Waals surface area contributed by atoms with Gasteiger partial charge in [0.1, 0.15) is 76.6 Å². The highest BCUT2D eigenvalue weighted by atomic mass is 32.2. The van der Waals surface area contributed by atoms with Gasteiger partial charge in [-0.3, -0.25) is 20.7 Å². The maximum absolute atomic E-state index is 15.2. The lowest BCUT2D eigenvalue weighted by Crippen LogP contribution is -2.22. The Morgan fingerprint density at radius 3 is 0.972 bits per heavy atom. The van der Waals surface area contributed by atoms with Crippen LogP contribution in [0.1, 0.15) is 153 Å². The van der Waals surface area contributed by atoms with Crippen molar-refractivity contribution in [1.82, 2.24) is 58.1 Å². The van der Waals surface area contributed by atoms with E-state index in [4.69, 9.17) is 33.2 Å². The summed E-state index contributed by atoms with van der Waals surface area (Å²) < 4.78 is 133. The van der Waals surface area contributed by atoms with Crippen LogP contribution < -0.4 is 39.6 Å². The van der Waals surface area contributed by atoms with Crippen LogP contribution in [0.15, 0.2) is 219 Å². The number of nitrogens with zero attached hydrogens (tertiary/aromatic N) is 16. The molecule has 5 fully saturated rings. The first-order valence-corrected chi connectivity index (χ1v) is 48.2. The van der Waals surface area contributed by atoms with Crippen molar-refractivity contribution in [3.63, 3.8) is 0 Å². The quantitative estimate of drug-likeness (QED) is 0.0274. The minimum absolute atomic E-state index is 0.00513. The molecule has 0 spiro atoms. The van der Waals surface area contributed by atoms with E-state index in [0.717, 1.165) is 114 Å². The van der Waals surface area contributed by atoms with Crippen LogP contribution in [0.5, 0.6) is 47.0 Å². The van der Waals surface area contributed by atoms with Crippen LogP contribution in [0.2, 0.25) is 0 Å². The second-order valence-corrected chi connectivity index (χ2v) is 37.3. The molecule has 0 unspecified atom stereocenters. The van der Waals surface area contributed by atoms with Crippen LogP contribution in [0, 0.1) is 80.4 Å². The Morgan fingerprint density at radius 1 is 0.385 bits per heavy atom. The van der Waals surface area contributed by atoms with Crippen LogP contribution >= 0.6 is 0 Å². The monoisotopic (exact) mass is 1940 g/mol. The molecule has 0 bridgehead atoms. The van der Waals surface area contributed by atoms with Crippen molar-refractivity contribution < 1.29 is 73.5 Å². The highest BCUT2D eigenvalue weighted by Gasteiger charge is 2.37. The van der Waals surface area contributed by atoms with Gasteiger partial charge in [0.25, 0.3) is 0 Å². The van der Waals surface area contributed by atoms with Crippen LogP contribution in [0.3, 0.4) is 0 Å². The van der Waals surface area contributed by atoms with Crippen molar-refractivity contribution in [1.29, 1.82) is 21.0 Å². The number of ether oxygens (including phenoxy) is 7. The fraction of sp³-hybridized carbons (Fsp3) is 0.255. The Bertz CT molecular complexity index is 7860. The molecule has 1 atom stereocenters. The first kappa shape index (κ1) is 96.0. The summed E-state index contributed by atoms with van der Waals surface area (Å²) in [6.07, 6.45) is 20.8. The number of anilines is 4. The molecule has 4 N–H and O–H groups in total. The van der Waals surface area contributed by atoms with E-state index < -0.39 is 51.6 Å². The van der Waals surface area contributed by atoms with Crippen molar-refractivity contribution in [3.8, 4) is 116 Å². The van der Waals surface area contributed by atoms with Crippen LogP contribution in [0.25, 0.3) is 88.6 Å². The second-order valence-electron chi connectivity index (χ2n) is 35.3. The average Bonchev–Trinajstić information content (AvgIpc) is 1.58. The first-order valence-electron chi connectivity index (χ1n) is 46.5. The number of benzene rings is 8. The van der Waals surface area contributed by atoms with Crippen molar-refractivity contribution >= 4 is 94.7 Å². The molecule has 32 nitrogen and oxygen atoms in total. The Hall–Kier alpha value is -17.3. The number of amides is 3. The molecule has 722 valence electrons. The summed E-state index contributed by atoms with van der Waals surface area (Å²) in [4.78, 5) is 68.8. The van der Waals surface area contributed by atoms with E-state index in [1.165, 1.54) is 55.5 Å². The lowest BCUT2D eigenvalue weighted by Gasteiger charge is -2.30. The summed E-state index contributed by atoms with van der Waals surface area (Å²) in [5.74, 6) is 0.294. The Morgan fingerprint density at radius 2 is 0.685 bits per heavy atom. The van der Waals surface area contributed by atoms with E-state index in [0.29, 0.717) is 109 Å². The summed E-state index contributed by atoms with van der Waals surface area (Å²) in [5, 5.41) is 50.6. The second kappa shape index (κ2) is 41.8. The van der Waals surface area contributed by atoms with Crippen LogP contribution in [-0.4, -0.2) is 109 Å². The van der Waals surface area contributed by atoms with Crippen molar-refractivity contribution in [2.45, 2.75) is 155 Å². The topological polar surface area (TPSA) is 416 Å². The van der Waals surface area contributed by atoms with Gasteiger partial charge in [0, 0.05) is 142 Å². The van der Waals surface area contributed by atoms with Crippen LogP contribution in [0.4, 0.5) is 54.7 Å². The lowest BCUT2D eigenvalue weighted by molar-refractivity contribution is 0.108. The number of aromatic nitrogens is 12. The predicted octanol–water partition coefficient (Wildman–Crippen LogP) is 24.4. The standard InChI is InChI=1S/C28H24FN5O3.C27H24FN5O3.C26H22FN5O3.C25H22FN5O3S/c1-16(17-3-4-17)36-28(35)33-24-10-5-18(13-23(24)29)26-22(15-30)21-9-8-20(37-27-31-11-2-12-32-27)14-25(21)34(26)19-6-7-19;1-16(2)35-27(34)32-23-9-6-18(12-22(23)28)25-21(14-29)20-8-7-19(36-26-30-10-3-11-31-26)13-24(20)33(25)15-17-4-5-17;1-15(2)34-26(33)31-22-9-4-16(12-21(22)27)24-20(14-28)19-8-7-18(35-25-29-10-3-11-30-25)13-23(19)32(24)17-5-6-17;1-2-35(32,33)30-22-10-7-16(13-21(22)26)24-20(15-27)19-9-8-18(34-25-28-11-4-12-29-25)14-23(19)31(24)17-5-3-6-17/h2,5,8-14,16-17,19H,3-4,6-7H2,1H3,(H,33,35);3,6-13,16-17H,4-5,15H2,1-2H3,(H,32,34);3-4,7-13,15,17H,5-6H2,1-2H3,(H,31,33);4,7-14,17,30H,2-3,5-6H2,1H3/t16-;;;/m1.../s1. The van der Waals surface area contributed by atoms with Gasteiger partial charge in [-0.25, -0.2) is 80.2 Å². The Kier molecular flexibility index (Phi) is 28.0. The normalized spacial score (nSPS) is 13.9. The third kappa shape index (κ3) is 21.9. The van der Waals surface area contributed by atoms with E-state index in [9.17, 15) is 52.6 Å². The highest BCUT2D eigenvalue weighted by Crippen LogP contribution is 2.51. The number of nitriles is 4. The van der Waals surface area contributed by atoms with Gasteiger partial charge in [0.05, 0.1) is 108 Å². The molecule has 21 rings (SSSR count). The first-order chi connectivity index (χ1) is 69.3. The Labute approximate surface area is 817 Å². The smallest absolute Gasteiger partial charge is 0.411 e. The minimum Gasteiger partial charge on any atom is -0.447 e. The molecule has 37 heteroatoms. The number of rotatable bonds is 27. The van der Waals surface area contributed by atoms with Gasteiger partial charge in [-0.2, -0.15) is 21.0 Å². The van der Waals surface area contributed by atoms with Crippen molar-refractivity contribution in [3.05, 3.63) is 265 Å². The number of hydrogen-bond acceptors (Lipinski definition) is 24. The molecule has 143 heavy (non-hydrogen) atoms. The number of carbonyl (C=O) groups excluding carboxylic acids is 3. The van der Waals surface area contributed by atoms with Gasteiger partial charge < -0.3 is 51.4 Å². The number of sulfonamides is 1. The molecular weight excluding hydrogens is 1850 g/mol. The van der Waals surface area contributed by atoms with E-state index in [2.05, 4.69) is 103 Å². The van der Waals surface area contributed by atoms with Crippen molar-refractivity contribution in [2.75, 3.05) is 26.4 Å². The van der Waals surface area contributed by atoms with Gasteiger partial charge in [-0.1, -0.05) is 24.3 Å². The molecule has 0 saturated heterocycles. The maximum atomic E-state index is 15.2. The molecule has 3 amide bonds. The molecule has 8 aromatic heterocycles. The van der Waals surface area contributed by atoms with Gasteiger partial charge in [-0.05, 0) is 245 Å². The van der Waals surface area contributed by atoms with Gasteiger partial charge in [-0.15, -0.1) is 0 Å². The zero-order valence-electron chi connectivity index (χ0n) is 78.1. The summed E-state index contributed by atoms with van der Waals surface area (Å²) in [6.45, 7) is 10.9. The number of nitrogens with one attached hydrogen (secondary N) is 4. The zero-order valence-corrected chi connectivity index (χ0v) is 78.9. The van der Waals surface area contributed by atoms with E-state index in [-0.39, 0.29) is 89.0 Å². The number of halogens is 4. The predicted molar refractivity (Wildman–Crippen MR) is 525 cm³/mol. The van der Waals surface area contributed by atoms with Gasteiger partial charge in [0.15, 0.2) is 0 Å². The molecular formula is C106H92F4N20O12S. The molecule has 5 saturated carbocycles. The fourth-order valence-corrected chi connectivity index (χ4v) is 17.6. The molecule has 16 aromatic rings. The molecule has 8 heterocycles. The summed E-state index contributed by atoms with van der Waals surface area (Å²) in [7, 11) is -3.62. The molecule has 5 aliphatic carbocycles. The zero-order chi connectivity index (χ0) is 99.9. The van der Waals surface area contributed by atoms with E-state index >= 15 is 8.78 Å². The summed E-state index contributed by atoms with van der Waals surface area (Å²) in [5.41, 5.74) is 9.58. The fourth-order valence-electron chi connectivity index (χ4n) is 17.0. The van der Waals surface area contributed by atoms with Gasteiger partial charge >= 0.3 is 42.3 Å². The number of carbonyl (C=O) groups is 3. The SMILES string of the molecule is CC(C)OC(=O)Nc1ccc(-c2c(C#N)c3ccc(Oc4ncccn4)cc3n2C2CC2)cc1F.CC(C)OC(=O)Nc1ccc(-c2c(C#N)c3ccc(Oc4ncccn4)cc3n2CC2CC2)cc1F.CCS(=O)(=O)Nc1ccc(-c2c(C#N)c3ccc(Oc4ncccn4)cc3n2C2CCC2)cc1F.C[C@@H](OC(=O)Nc1ccc(-c2c(C#N)c3ccc(Oc4ncccn4)cc3n2C2CC2)cc1F)C1CC1. The summed E-state index contributed by atoms with van der Waals surface area (Å²) in [6, 6.07) is 57.0. The average molecular weight is 1950 g/mol. The largest absolute Gasteiger partial charge is 0.447 e. The maximum Gasteiger partial charge on any atom is 0.411 e. The van der Waals surface area contributed by atoms with E-state index in [1.54, 1.807) is 150 Å². The number of fused-ring (bicyclic) bond motifs is 4. The molecule has 8 aromatic carbocycles. The summed E-state index contributed by atoms with van der Waals surface area (Å²) >= 11 is 0. The minimum atomic E-state index is -3.62. The third-order valence-corrected chi connectivity index (χ3v) is 25.7. The highest BCUT2D eigenvalue weighted by molar-refractivity contribution is 7.92. The molecule has 0 radical (unpaired) electrons. The van der Waals surface area contributed by atoms with Crippen molar-refractivity contribution in [2.24, 2.45) is 11.8 Å². The Balaban J connectivity index is 0.000000126. The molecule has 5 aliphatic rings. The molecule has 0 aliphatic heterocycles. The third-order valence-electron chi connectivity index (χ3n) is 24.4. The number of hydrogen-bond donors (Lipinski definition) is 4. The van der Waals surface area contributed by atoms with Crippen LogP contribution in [-0.2, 0) is 30.8 Å². The van der Waals surface area contributed by atoms with Gasteiger partial charge in [0.2, 0.25) is 10.0 Å². The van der Waals surface area contributed by atoms with E-state index in [1.807, 2.05) is 55.5 Å². The lowest BCUT2D eigenvalue weighted by atomic mass is 9.92.